The lowest BCUT2D eigenvalue weighted by molar-refractivity contribution is 0.475. The molecule has 0 saturated heterocycles. The molecule has 0 atom stereocenters. The monoisotopic (exact) mass is 231 g/mol. The lowest BCUT2D eigenvalue weighted by atomic mass is 10.1. The van der Waals surface area contributed by atoms with Crippen LogP contribution < -0.4 is 11.5 Å². The fraction of sp³-hybridized carbons (Fsp3) is 0.182. The minimum Gasteiger partial charge on any atom is -0.508 e. The second kappa shape index (κ2) is 4.65. The average Bonchev–Trinajstić information content (AvgIpc) is 2.27. The first kappa shape index (κ1) is 11.1. The van der Waals surface area contributed by atoms with Crippen LogP contribution in [0.3, 0.4) is 0 Å². The Hall–Kier alpha value is -2.37. The molecule has 0 aliphatic heterocycles. The van der Waals surface area contributed by atoms with Gasteiger partial charge in [-0.15, -0.1) is 0 Å². The molecule has 0 bridgehead atoms. The van der Waals surface area contributed by atoms with Crippen LogP contribution in [-0.2, 0) is 12.8 Å². The fourth-order valence-electron chi connectivity index (χ4n) is 1.49. The van der Waals surface area contributed by atoms with E-state index < -0.39 is 0 Å². The lowest BCUT2D eigenvalue weighted by Crippen LogP contribution is -2.07. The Labute approximate surface area is 98.4 Å². The summed E-state index contributed by atoms with van der Waals surface area (Å²) in [5, 5.41) is 9.15. The minimum atomic E-state index is 0.137. The van der Waals surface area contributed by atoms with Gasteiger partial charge in [0.1, 0.15) is 11.6 Å². The number of aromatic nitrogens is 3. The molecule has 2 rings (SSSR count). The van der Waals surface area contributed by atoms with E-state index in [0.717, 1.165) is 12.0 Å². The van der Waals surface area contributed by atoms with E-state index in [2.05, 4.69) is 15.0 Å². The van der Waals surface area contributed by atoms with Gasteiger partial charge in [0.25, 0.3) is 0 Å². The summed E-state index contributed by atoms with van der Waals surface area (Å²) in [6.45, 7) is 0. The van der Waals surface area contributed by atoms with Crippen LogP contribution in [0.15, 0.2) is 24.3 Å². The highest BCUT2D eigenvalue weighted by molar-refractivity contribution is 5.28. The summed E-state index contributed by atoms with van der Waals surface area (Å²) in [6.07, 6.45) is 1.38. The van der Waals surface area contributed by atoms with Crippen LogP contribution in [0.1, 0.15) is 11.4 Å². The van der Waals surface area contributed by atoms with Crippen molar-refractivity contribution in [2.24, 2.45) is 0 Å². The highest BCUT2D eigenvalue weighted by Gasteiger charge is 2.02. The first-order valence-electron chi connectivity index (χ1n) is 5.17. The first-order chi connectivity index (χ1) is 8.13. The van der Waals surface area contributed by atoms with Crippen molar-refractivity contribution in [3.63, 3.8) is 0 Å². The van der Waals surface area contributed by atoms with E-state index in [1.165, 1.54) is 0 Å². The number of anilines is 2. The third kappa shape index (κ3) is 3.04. The van der Waals surface area contributed by atoms with Crippen molar-refractivity contribution in [2.75, 3.05) is 11.5 Å². The number of nitrogens with zero attached hydrogens (tertiary/aromatic N) is 3. The smallest absolute Gasteiger partial charge is 0.225 e. The predicted octanol–water partition coefficient (Wildman–Crippen LogP) is 0.527. The molecule has 2 aromatic rings. The van der Waals surface area contributed by atoms with Gasteiger partial charge in [0.15, 0.2) is 0 Å². The van der Waals surface area contributed by atoms with Gasteiger partial charge in [0.2, 0.25) is 11.9 Å². The third-order valence-corrected chi connectivity index (χ3v) is 2.29. The Morgan fingerprint density at radius 1 is 0.882 bits per heavy atom. The normalized spacial score (nSPS) is 10.4. The Kier molecular flexibility index (Phi) is 3.04. The van der Waals surface area contributed by atoms with Crippen molar-refractivity contribution in [2.45, 2.75) is 12.8 Å². The van der Waals surface area contributed by atoms with Gasteiger partial charge in [-0.2, -0.15) is 15.0 Å². The van der Waals surface area contributed by atoms with E-state index in [-0.39, 0.29) is 17.6 Å². The topological polar surface area (TPSA) is 111 Å². The Bertz CT molecular complexity index is 492. The first-order valence-corrected chi connectivity index (χ1v) is 5.17. The number of nitrogens with two attached hydrogens (primary N) is 2. The number of phenols is 1. The van der Waals surface area contributed by atoms with Crippen LogP contribution in [0.5, 0.6) is 5.75 Å². The molecule has 5 N–H and O–H groups in total. The number of rotatable bonds is 3. The maximum absolute atomic E-state index is 9.15. The summed E-state index contributed by atoms with van der Waals surface area (Å²) in [4.78, 5) is 11.7. The number of hydrogen-bond donors (Lipinski definition) is 3. The summed E-state index contributed by atoms with van der Waals surface area (Å²) in [5.41, 5.74) is 12.0. The molecule has 0 amide bonds. The molecule has 0 unspecified atom stereocenters. The van der Waals surface area contributed by atoms with Gasteiger partial charge in [-0.1, -0.05) is 12.1 Å². The maximum Gasteiger partial charge on any atom is 0.225 e. The highest BCUT2D eigenvalue weighted by Crippen LogP contribution is 2.11. The van der Waals surface area contributed by atoms with Crippen LogP contribution in [-0.4, -0.2) is 20.1 Å². The Morgan fingerprint density at radius 3 is 2.06 bits per heavy atom. The summed E-state index contributed by atoms with van der Waals surface area (Å²) in [7, 11) is 0. The van der Waals surface area contributed by atoms with Crippen LogP contribution in [0.25, 0.3) is 0 Å². The number of nitrogen functional groups attached to an aromatic ring is 2. The molecule has 1 heterocycles. The van der Waals surface area contributed by atoms with Gasteiger partial charge in [-0.05, 0) is 24.1 Å². The zero-order valence-electron chi connectivity index (χ0n) is 9.17. The van der Waals surface area contributed by atoms with Crippen molar-refractivity contribution in [3.05, 3.63) is 35.7 Å². The zero-order chi connectivity index (χ0) is 12.3. The Balaban J connectivity index is 2.04. The molecule has 1 aromatic carbocycles. The standard InChI is InChI=1S/C11H13N5O/c12-10-14-9(15-11(13)16-10)6-3-7-1-4-8(17)5-2-7/h1-2,4-5,17H,3,6H2,(H4,12,13,14,15,16). The Morgan fingerprint density at radius 2 is 1.47 bits per heavy atom. The van der Waals surface area contributed by atoms with Crippen LogP contribution in [0.4, 0.5) is 11.9 Å². The molecule has 6 nitrogen and oxygen atoms in total. The third-order valence-electron chi connectivity index (χ3n) is 2.29. The SMILES string of the molecule is Nc1nc(N)nc(CCc2ccc(O)cc2)n1. The zero-order valence-corrected chi connectivity index (χ0v) is 9.17. The van der Waals surface area contributed by atoms with Gasteiger partial charge in [0.05, 0.1) is 0 Å². The van der Waals surface area contributed by atoms with Crippen molar-refractivity contribution >= 4 is 11.9 Å². The van der Waals surface area contributed by atoms with Gasteiger partial charge in [0, 0.05) is 6.42 Å². The van der Waals surface area contributed by atoms with E-state index in [9.17, 15) is 0 Å². The van der Waals surface area contributed by atoms with Crippen molar-refractivity contribution in [1.29, 1.82) is 0 Å². The molecule has 88 valence electrons. The fourth-order valence-corrected chi connectivity index (χ4v) is 1.49. The van der Waals surface area contributed by atoms with Gasteiger partial charge in [-0.25, -0.2) is 0 Å². The molecule has 1 aromatic heterocycles. The number of benzene rings is 1. The molecule has 17 heavy (non-hydrogen) atoms. The van der Waals surface area contributed by atoms with Gasteiger partial charge >= 0.3 is 0 Å². The highest BCUT2D eigenvalue weighted by atomic mass is 16.3. The number of phenolic OH excluding ortho intramolecular Hbond substituents is 1. The predicted molar refractivity (Wildman–Crippen MR) is 64.2 cm³/mol. The summed E-state index contributed by atoms with van der Waals surface area (Å²) >= 11 is 0. The van der Waals surface area contributed by atoms with Crippen molar-refractivity contribution < 1.29 is 5.11 Å². The molecule has 0 fully saturated rings. The van der Waals surface area contributed by atoms with Crippen LogP contribution in [0, 0.1) is 0 Å². The molecule has 0 radical (unpaired) electrons. The van der Waals surface area contributed by atoms with E-state index in [1.807, 2.05) is 12.1 Å². The van der Waals surface area contributed by atoms with E-state index in [4.69, 9.17) is 16.6 Å². The summed E-state index contributed by atoms with van der Waals surface area (Å²) in [5.74, 6) is 1.10. The summed E-state index contributed by atoms with van der Waals surface area (Å²) in [6, 6.07) is 6.99. The van der Waals surface area contributed by atoms with E-state index in [0.29, 0.717) is 12.2 Å². The van der Waals surface area contributed by atoms with Crippen molar-refractivity contribution in [3.8, 4) is 5.75 Å². The second-order valence-electron chi connectivity index (χ2n) is 3.63. The van der Waals surface area contributed by atoms with Crippen LogP contribution >= 0.6 is 0 Å². The average molecular weight is 231 g/mol. The molecule has 6 heteroatoms. The largest absolute Gasteiger partial charge is 0.508 e. The molecule has 0 aliphatic rings. The quantitative estimate of drug-likeness (QED) is 0.710. The van der Waals surface area contributed by atoms with Crippen LogP contribution in [0.2, 0.25) is 0 Å². The molecule has 0 saturated carbocycles. The number of hydrogen-bond acceptors (Lipinski definition) is 6. The number of aromatic hydroxyl groups is 1. The maximum atomic E-state index is 9.15. The van der Waals surface area contributed by atoms with Gasteiger partial charge < -0.3 is 16.6 Å². The molecule has 0 aliphatic carbocycles. The molecule has 0 spiro atoms. The van der Waals surface area contributed by atoms with Gasteiger partial charge in [-0.3, -0.25) is 0 Å². The lowest BCUT2D eigenvalue weighted by Gasteiger charge is -2.02. The minimum absolute atomic E-state index is 0.137. The summed E-state index contributed by atoms with van der Waals surface area (Å²) < 4.78 is 0. The van der Waals surface area contributed by atoms with E-state index >= 15 is 0 Å². The molecular formula is C11H13N5O. The second-order valence-corrected chi connectivity index (χ2v) is 3.63. The number of aryl methyl sites for hydroxylation is 2. The van der Waals surface area contributed by atoms with Crippen molar-refractivity contribution in [1.82, 2.24) is 15.0 Å². The van der Waals surface area contributed by atoms with E-state index in [1.54, 1.807) is 12.1 Å². The molecular weight excluding hydrogens is 218 g/mol.